The molecule has 1 heterocycles. The van der Waals surface area contributed by atoms with Gasteiger partial charge in [-0.1, -0.05) is 39.3 Å². The van der Waals surface area contributed by atoms with E-state index in [9.17, 15) is 9.90 Å². The van der Waals surface area contributed by atoms with Gasteiger partial charge in [0.1, 0.15) is 5.75 Å². The number of carbonyl (C=O) groups excluding carboxylic acids is 1. The van der Waals surface area contributed by atoms with Crippen LogP contribution in [0.5, 0.6) is 5.75 Å². The smallest absolute Gasteiger partial charge is 0.250 e. The first kappa shape index (κ1) is 21.4. The van der Waals surface area contributed by atoms with E-state index in [0.29, 0.717) is 22.3 Å². The van der Waals surface area contributed by atoms with Gasteiger partial charge < -0.3 is 9.67 Å². The highest BCUT2D eigenvalue weighted by molar-refractivity contribution is 9.10. The van der Waals surface area contributed by atoms with E-state index in [4.69, 9.17) is 11.6 Å². The maximum absolute atomic E-state index is 12.1. The van der Waals surface area contributed by atoms with Crippen LogP contribution >= 0.6 is 39.3 Å². The summed E-state index contributed by atoms with van der Waals surface area (Å²) in [6.45, 7) is 2.65. The topological polar surface area (TPSA) is 92.4 Å². The third kappa shape index (κ3) is 5.59. The summed E-state index contributed by atoms with van der Waals surface area (Å²) in [4.78, 5) is 12.1. The van der Waals surface area contributed by atoms with Gasteiger partial charge in [-0.2, -0.15) is 5.10 Å². The number of nitrogens with zero attached hydrogens (tertiary/aromatic N) is 4. The number of nitrogens with one attached hydrogen (secondary N) is 1. The van der Waals surface area contributed by atoms with Crippen molar-refractivity contribution in [1.29, 1.82) is 0 Å². The fraction of sp³-hybridized carbons (Fsp3) is 0.158. The molecule has 10 heteroatoms. The van der Waals surface area contributed by atoms with Gasteiger partial charge in [-0.05, 0) is 49.4 Å². The average Bonchev–Trinajstić information content (AvgIpc) is 3.12. The molecule has 0 radical (unpaired) electrons. The van der Waals surface area contributed by atoms with Crippen LogP contribution < -0.4 is 5.43 Å². The van der Waals surface area contributed by atoms with Crippen molar-refractivity contribution in [2.45, 2.75) is 18.6 Å². The molecule has 0 saturated heterocycles. The number of thioether (sulfide) groups is 1. The number of phenolic OH excluding ortho intramolecular Hbond substituents is 1. The number of phenols is 1. The number of hydrazone groups is 1. The second-order valence-electron chi connectivity index (χ2n) is 5.84. The molecule has 29 heavy (non-hydrogen) atoms. The Balaban J connectivity index is 1.61. The summed E-state index contributed by atoms with van der Waals surface area (Å²) in [7, 11) is 0. The van der Waals surface area contributed by atoms with Crippen LogP contribution in [0.15, 0.2) is 57.2 Å². The fourth-order valence-corrected chi connectivity index (χ4v) is 3.76. The lowest BCUT2D eigenvalue weighted by atomic mass is 10.2. The molecule has 1 aromatic heterocycles. The summed E-state index contributed by atoms with van der Waals surface area (Å²) >= 11 is 10.5. The van der Waals surface area contributed by atoms with Crippen LogP contribution in [0.4, 0.5) is 0 Å². The summed E-state index contributed by atoms with van der Waals surface area (Å²) in [6.07, 6.45) is 1.38. The van der Waals surface area contributed by atoms with E-state index in [0.717, 1.165) is 15.9 Å². The van der Waals surface area contributed by atoms with Crippen LogP contribution in [0, 0.1) is 0 Å². The molecule has 3 rings (SSSR count). The Hall–Kier alpha value is -2.36. The third-order valence-electron chi connectivity index (χ3n) is 3.85. The number of hydrogen-bond acceptors (Lipinski definition) is 6. The number of rotatable bonds is 7. The summed E-state index contributed by atoms with van der Waals surface area (Å²) in [5, 5.41) is 23.4. The quantitative estimate of drug-likeness (QED) is 0.290. The first-order valence-corrected chi connectivity index (χ1v) is 10.8. The van der Waals surface area contributed by atoms with Crippen molar-refractivity contribution in [2.24, 2.45) is 5.10 Å². The predicted molar refractivity (Wildman–Crippen MR) is 118 cm³/mol. The normalized spacial score (nSPS) is 11.1. The second-order valence-corrected chi connectivity index (χ2v) is 8.14. The molecular formula is C19H17BrClN5O2S. The minimum atomic E-state index is -0.292. The van der Waals surface area contributed by atoms with Gasteiger partial charge in [0.05, 0.1) is 12.0 Å². The van der Waals surface area contributed by atoms with Crippen LogP contribution in [0.25, 0.3) is 11.4 Å². The van der Waals surface area contributed by atoms with Crippen molar-refractivity contribution >= 4 is 51.4 Å². The second kappa shape index (κ2) is 9.91. The maximum Gasteiger partial charge on any atom is 0.250 e. The molecular weight excluding hydrogens is 478 g/mol. The van der Waals surface area contributed by atoms with Crippen LogP contribution in [-0.2, 0) is 11.3 Å². The van der Waals surface area contributed by atoms with Crippen LogP contribution in [0.1, 0.15) is 12.5 Å². The standard InChI is InChI=1S/C19H17BrClN5O2S/c1-2-26-18(12-3-6-15(21)7-4-12)24-25-19(26)29-11-17(28)23-22-10-13-9-14(20)5-8-16(13)27/h3-10,27H,2,11H2,1H3,(H,23,28)/b22-10-. The SMILES string of the molecule is CCn1c(SCC(=O)N/N=C\c2cc(Br)ccc2O)nnc1-c1ccc(Cl)cc1. The Kier molecular flexibility index (Phi) is 7.29. The molecule has 0 spiro atoms. The highest BCUT2D eigenvalue weighted by Crippen LogP contribution is 2.25. The molecule has 0 fully saturated rings. The van der Waals surface area contributed by atoms with E-state index >= 15 is 0 Å². The first-order chi connectivity index (χ1) is 14.0. The number of halogens is 2. The van der Waals surface area contributed by atoms with Crippen molar-refractivity contribution in [1.82, 2.24) is 20.2 Å². The number of aromatic hydroxyl groups is 1. The molecule has 2 aromatic carbocycles. The largest absolute Gasteiger partial charge is 0.507 e. The molecule has 7 nitrogen and oxygen atoms in total. The van der Waals surface area contributed by atoms with E-state index in [2.05, 4.69) is 36.7 Å². The lowest BCUT2D eigenvalue weighted by Gasteiger charge is -2.07. The maximum atomic E-state index is 12.1. The van der Waals surface area contributed by atoms with Crippen molar-refractivity contribution in [2.75, 3.05) is 5.75 Å². The zero-order chi connectivity index (χ0) is 20.8. The highest BCUT2D eigenvalue weighted by Gasteiger charge is 2.14. The molecule has 0 unspecified atom stereocenters. The number of carbonyl (C=O) groups is 1. The van der Waals surface area contributed by atoms with Crippen molar-refractivity contribution < 1.29 is 9.90 Å². The molecule has 0 aliphatic heterocycles. The number of benzene rings is 2. The molecule has 0 atom stereocenters. The van der Waals surface area contributed by atoms with E-state index in [1.165, 1.54) is 18.0 Å². The van der Waals surface area contributed by atoms with Crippen molar-refractivity contribution in [3.05, 3.63) is 57.5 Å². The van der Waals surface area contributed by atoms with Gasteiger partial charge in [0.15, 0.2) is 11.0 Å². The van der Waals surface area contributed by atoms with Gasteiger partial charge in [0.2, 0.25) is 0 Å². The van der Waals surface area contributed by atoms with Gasteiger partial charge in [0, 0.05) is 27.2 Å². The zero-order valence-corrected chi connectivity index (χ0v) is 18.5. The Bertz CT molecular complexity index is 1040. The predicted octanol–water partition coefficient (Wildman–Crippen LogP) is 4.33. The molecule has 3 aromatic rings. The molecule has 0 aliphatic carbocycles. The Labute approximate surface area is 185 Å². The van der Waals surface area contributed by atoms with Crippen molar-refractivity contribution in [3.63, 3.8) is 0 Å². The fourth-order valence-electron chi connectivity index (χ4n) is 2.46. The van der Waals surface area contributed by atoms with Crippen molar-refractivity contribution in [3.8, 4) is 17.1 Å². The van der Waals surface area contributed by atoms with E-state index in [-0.39, 0.29) is 17.4 Å². The molecule has 2 N–H and O–H groups in total. The average molecular weight is 495 g/mol. The lowest BCUT2D eigenvalue weighted by molar-refractivity contribution is -0.118. The Morgan fingerprint density at radius 3 is 2.79 bits per heavy atom. The summed E-state index contributed by atoms with van der Waals surface area (Å²) in [5.74, 6) is 0.626. The summed E-state index contributed by atoms with van der Waals surface area (Å²) in [6, 6.07) is 12.3. The first-order valence-electron chi connectivity index (χ1n) is 8.60. The van der Waals surface area contributed by atoms with Gasteiger partial charge in [-0.3, -0.25) is 4.79 Å². The van der Waals surface area contributed by atoms with Gasteiger partial charge >= 0.3 is 0 Å². The third-order valence-corrected chi connectivity index (χ3v) is 5.56. The monoisotopic (exact) mass is 493 g/mol. The number of hydrogen-bond donors (Lipinski definition) is 2. The summed E-state index contributed by atoms with van der Waals surface area (Å²) < 4.78 is 2.73. The molecule has 0 aliphatic rings. The van der Waals surface area contributed by atoms with Gasteiger partial charge in [-0.25, -0.2) is 5.43 Å². The molecule has 1 amide bonds. The minimum Gasteiger partial charge on any atom is -0.507 e. The zero-order valence-electron chi connectivity index (χ0n) is 15.3. The minimum absolute atomic E-state index is 0.0753. The van der Waals surface area contributed by atoms with Gasteiger partial charge in [0.25, 0.3) is 5.91 Å². The van der Waals surface area contributed by atoms with Crippen LogP contribution in [0.2, 0.25) is 5.02 Å². The highest BCUT2D eigenvalue weighted by atomic mass is 79.9. The van der Waals surface area contributed by atoms with Crippen LogP contribution in [-0.4, -0.2) is 37.7 Å². The lowest BCUT2D eigenvalue weighted by Crippen LogP contribution is -2.20. The molecule has 150 valence electrons. The van der Waals surface area contributed by atoms with E-state index in [1.807, 2.05) is 23.6 Å². The van der Waals surface area contributed by atoms with Crippen LogP contribution in [0.3, 0.4) is 0 Å². The van der Waals surface area contributed by atoms with E-state index < -0.39 is 0 Å². The number of amides is 1. The Morgan fingerprint density at radius 1 is 1.31 bits per heavy atom. The molecule has 0 saturated carbocycles. The molecule has 0 bridgehead atoms. The Morgan fingerprint density at radius 2 is 2.07 bits per heavy atom. The number of aromatic nitrogens is 3. The van der Waals surface area contributed by atoms with Gasteiger partial charge in [-0.15, -0.1) is 10.2 Å². The van der Waals surface area contributed by atoms with E-state index in [1.54, 1.807) is 30.3 Å². The summed E-state index contributed by atoms with van der Waals surface area (Å²) in [5.41, 5.74) is 3.83.